The average molecular weight is 352 g/mol. The summed E-state index contributed by atoms with van der Waals surface area (Å²) >= 11 is 1.98. The molecule has 0 aromatic heterocycles. The van der Waals surface area contributed by atoms with Gasteiger partial charge < -0.3 is 4.43 Å². The molecule has 0 saturated carbocycles. The Balaban J connectivity index is 2.93. The molecule has 0 aliphatic heterocycles. The molecule has 0 bridgehead atoms. The molecule has 4 heteroatoms. The standard InChI is InChI=1S/C12H18FIOSi/c1-12(2,3)16(4,5)15-9-6-7-10(13)11(14)8-9/h6-8H,1-5H3. The lowest BCUT2D eigenvalue weighted by molar-refractivity contribution is 0.490. The van der Waals surface area contributed by atoms with Crippen molar-refractivity contribution in [2.24, 2.45) is 0 Å². The minimum atomic E-state index is -1.81. The summed E-state index contributed by atoms with van der Waals surface area (Å²) in [5.74, 6) is 0.584. The van der Waals surface area contributed by atoms with Crippen LogP contribution in [0.5, 0.6) is 5.75 Å². The number of hydrogen-bond acceptors (Lipinski definition) is 1. The quantitative estimate of drug-likeness (QED) is 0.548. The van der Waals surface area contributed by atoms with E-state index < -0.39 is 8.32 Å². The van der Waals surface area contributed by atoms with Crippen molar-refractivity contribution in [3.8, 4) is 5.75 Å². The summed E-state index contributed by atoms with van der Waals surface area (Å²) in [5.41, 5.74) is 0. The lowest BCUT2D eigenvalue weighted by Gasteiger charge is -2.36. The highest BCUT2D eigenvalue weighted by molar-refractivity contribution is 14.1. The van der Waals surface area contributed by atoms with E-state index in [4.69, 9.17) is 4.43 Å². The van der Waals surface area contributed by atoms with Crippen LogP contribution in [0.15, 0.2) is 18.2 Å². The van der Waals surface area contributed by atoms with Crippen molar-refractivity contribution in [2.75, 3.05) is 0 Å². The molecular weight excluding hydrogens is 334 g/mol. The topological polar surface area (TPSA) is 9.23 Å². The third-order valence-electron chi connectivity index (χ3n) is 3.07. The van der Waals surface area contributed by atoms with Crippen molar-refractivity contribution in [1.29, 1.82) is 0 Å². The Labute approximate surface area is 112 Å². The van der Waals surface area contributed by atoms with Crippen molar-refractivity contribution in [2.45, 2.75) is 38.9 Å². The second-order valence-electron chi connectivity index (χ2n) is 5.44. The van der Waals surface area contributed by atoms with Crippen molar-refractivity contribution in [3.63, 3.8) is 0 Å². The van der Waals surface area contributed by atoms with Gasteiger partial charge >= 0.3 is 0 Å². The second kappa shape index (κ2) is 4.64. The van der Waals surface area contributed by atoms with Gasteiger partial charge in [0, 0.05) is 0 Å². The third kappa shape index (κ3) is 3.20. The Morgan fingerprint density at radius 2 is 1.81 bits per heavy atom. The second-order valence-corrected chi connectivity index (χ2v) is 11.3. The first-order chi connectivity index (χ1) is 7.13. The van der Waals surface area contributed by atoms with Crippen LogP contribution >= 0.6 is 22.6 Å². The molecular formula is C12H18FIOSi. The van der Waals surface area contributed by atoms with Gasteiger partial charge in [-0.1, -0.05) is 20.8 Å². The summed E-state index contributed by atoms with van der Waals surface area (Å²) in [7, 11) is -1.81. The Hall–Kier alpha value is -0.103. The van der Waals surface area contributed by atoms with Gasteiger partial charge in [-0.3, -0.25) is 0 Å². The first kappa shape index (κ1) is 14.0. The largest absolute Gasteiger partial charge is 0.543 e. The van der Waals surface area contributed by atoms with Gasteiger partial charge in [0.25, 0.3) is 0 Å². The minimum absolute atomic E-state index is 0.160. The van der Waals surface area contributed by atoms with Crippen molar-refractivity contribution >= 4 is 30.9 Å². The Morgan fingerprint density at radius 1 is 1.25 bits per heavy atom. The Bertz CT molecular complexity index is 385. The van der Waals surface area contributed by atoms with Crippen LogP contribution < -0.4 is 4.43 Å². The van der Waals surface area contributed by atoms with Crippen LogP contribution in [0.2, 0.25) is 18.1 Å². The lowest BCUT2D eigenvalue weighted by Crippen LogP contribution is -2.43. The zero-order valence-corrected chi connectivity index (χ0v) is 13.6. The molecule has 0 N–H and O–H groups in total. The first-order valence-corrected chi connectivity index (χ1v) is 9.26. The molecule has 0 aliphatic carbocycles. The number of rotatable bonds is 2. The summed E-state index contributed by atoms with van der Waals surface area (Å²) in [5, 5.41) is 0.160. The maximum atomic E-state index is 13.1. The van der Waals surface area contributed by atoms with Gasteiger partial charge in [0.2, 0.25) is 8.32 Å². The fourth-order valence-corrected chi connectivity index (χ4v) is 2.50. The summed E-state index contributed by atoms with van der Waals surface area (Å²) < 4.78 is 19.8. The number of benzene rings is 1. The van der Waals surface area contributed by atoms with E-state index in [0.717, 1.165) is 5.75 Å². The zero-order chi connectivity index (χ0) is 12.6. The van der Waals surface area contributed by atoms with E-state index in [-0.39, 0.29) is 10.9 Å². The van der Waals surface area contributed by atoms with Crippen LogP contribution in [-0.2, 0) is 0 Å². The third-order valence-corrected chi connectivity index (χ3v) is 8.26. The van der Waals surface area contributed by atoms with E-state index in [1.54, 1.807) is 12.1 Å². The molecule has 0 heterocycles. The fourth-order valence-electron chi connectivity index (χ4n) is 0.988. The summed E-state index contributed by atoms with van der Waals surface area (Å²) in [4.78, 5) is 0. The molecule has 0 amide bonds. The molecule has 90 valence electrons. The van der Waals surface area contributed by atoms with Crippen LogP contribution in [0.25, 0.3) is 0 Å². The molecule has 0 spiro atoms. The van der Waals surface area contributed by atoms with Gasteiger partial charge in [0.05, 0.1) is 3.57 Å². The summed E-state index contributed by atoms with van der Waals surface area (Å²) in [6.07, 6.45) is 0. The van der Waals surface area contributed by atoms with Gasteiger partial charge in [-0.15, -0.1) is 0 Å². The normalized spacial score (nSPS) is 12.7. The number of hydrogen-bond donors (Lipinski definition) is 0. The molecule has 1 aromatic rings. The van der Waals surface area contributed by atoms with E-state index >= 15 is 0 Å². The fraction of sp³-hybridized carbons (Fsp3) is 0.500. The number of halogens is 2. The zero-order valence-electron chi connectivity index (χ0n) is 10.4. The Morgan fingerprint density at radius 3 is 2.25 bits per heavy atom. The molecule has 1 rings (SSSR count). The van der Waals surface area contributed by atoms with Gasteiger partial charge in [0.1, 0.15) is 11.6 Å². The molecule has 0 unspecified atom stereocenters. The van der Waals surface area contributed by atoms with E-state index in [0.29, 0.717) is 3.57 Å². The maximum absolute atomic E-state index is 13.1. The molecule has 1 nitrogen and oxygen atoms in total. The highest BCUT2D eigenvalue weighted by Crippen LogP contribution is 2.37. The van der Waals surface area contributed by atoms with Gasteiger partial charge in [0.15, 0.2) is 0 Å². The summed E-state index contributed by atoms with van der Waals surface area (Å²) in [6.45, 7) is 10.9. The smallest absolute Gasteiger partial charge is 0.250 e. The molecule has 1 aromatic carbocycles. The molecule has 0 fully saturated rings. The van der Waals surface area contributed by atoms with Crippen LogP contribution in [0.4, 0.5) is 4.39 Å². The van der Waals surface area contributed by atoms with Crippen LogP contribution in [-0.4, -0.2) is 8.32 Å². The van der Waals surface area contributed by atoms with E-state index in [9.17, 15) is 4.39 Å². The molecule has 0 saturated heterocycles. The van der Waals surface area contributed by atoms with Crippen molar-refractivity contribution in [1.82, 2.24) is 0 Å². The highest BCUT2D eigenvalue weighted by atomic mass is 127. The van der Waals surface area contributed by atoms with Crippen molar-refractivity contribution < 1.29 is 8.82 Å². The molecule has 16 heavy (non-hydrogen) atoms. The van der Waals surface area contributed by atoms with Gasteiger partial charge in [-0.2, -0.15) is 0 Å². The van der Waals surface area contributed by atoms with Crippen LogP contribution in [0, 0.1) is 9.39 Å². The van der Waals surface area contributed by atoms with Gasteiger partial charge in [-0.05, 0) is 58.9 Å². The van der Waals surface area contributed by atoms with Crippen molar-refractivity contribution in [3.05, 3.63) is 27.6 Å². The highest BCUT2D eigenvalue weighted by Gasteiger charge is 2.38. The lowest BCUT2D eigenvalue weighted by atomic mass is 10.2. The molecule has 0 radical (unpaired) electrons. The van der Waals surface area contributed by atoms with E-state index in [1.807, 2.05) is 22.6 Å². The maximum Gasteiger partial charge on any atom is 0.250 e. The summed E-state index contributed by atoms with van der Waals surface area (Å²) in [6, 6.07) is 4.93. The van der Waals surface area contributed by atoms with E-state index in [1.165, 1.54) is 6.07 Å². The van der Waals surface area contributed by atoms with E-state index in [2.05, 4.69) is 33.9 Å². The minimum Gasteiger partial charge on any atom is -0.543 e. The first-order valence-electron chi connectivity index (χ1n) is 5.27. The Kier molecular flexibility index (Phi) is 4.05. The predicted octanol–water partition coefficient (Wildman–Crippen LogP) is 4.81. The van der Waals surface area contributed by atoms with Crippen LogP contribution in [0.3, 0.4) is 0 Å². The average Bonchev–Trinajstić information content (AvgIpc) is 2.09. The monoisotopic (exact) mass is 352 g/mol. The predicted molar refractivity (Wildman–Crippen MR) is 76.9 cm³/mol. The molecule has 0 aliphatic rings. The molecule has 0 atom stereocenters. The van der Waals surface area contributed by atoms with Gasteiger partial charge in [-0.25, -0.2) is 4.39 Å². The van der Waals surface area contributed by atoms with Crippen LogP contribution in [0.1, 0.15) is 20.8 Å². The SMILES string of the molecule is CC(C)(C)[Si](C)(C)Oc1ccc(F)c(I)c1.